The number of hydrogen-bond donors (Lipinski definition) is 1. The van der Waals surface area contributed by atoms with E-state index in [-0.39, 0.29) is 17.9 Å². The zero-order chi connectivity index (χ0) is 11.5. The number of nitrogens with two attached hydrogens (primary N) is 1. The van der Waals surface area contributed by atoms with E-state index >= 15 is 0 Å². The second kappa shape index (κ2) is 4.95. The molecule has 0 amide bonds. The van der Waals surface area contributed by atoms with Crippen LogP contribution in [0.25, 0.3) is 0 Å². The van der Waals surface area contributed by atoms with Gasteiger partial charge in [-0.1, -0.05) is 0 Å². The molecule has 1 aromatic rings. The van der Waals surface area contributed by atoms with E-state index in [0.717, 1.165) is 19.6 Å². The Hall–Kier alpha value is -0.910. The van der Waals surface area contributed by atoms with Crippen LogP contribution in [0.15, 0.2) is 18.5 Å². The van der Waals surface area contributed by atoms with Gasteiger partial charge in [0, 0.05) is 45.2 Å². The second-order valence-electron chi connectivity index (χ2n) is 4.26. The Kier molecular flexibility index (Phi) is 3.58. The van der Waals surface area contributed by atoms with Gasteiger partial charge in [-0.2, -0.15) is 0 Å². The van der Waals surface area contributed by atoms with Gasteiger partial charge in [-0.3, -0.25) is 4.90 Å². The highest BCUT2D eigenvalue weighted by Gasteiger charge is 2.30. The van der Waals surface area contributed by atoms with Gasteiger partial charge in [0.05, 0.1) is 12.6 Å². The maximum Gasteiger partial charge on any atom is 0.140 e. The number of aromatic nitrogens is 1. The van der Waals surface area contributed by atoms with E-state index in [1.165, 1.54) is 12.3 Å². The first kappa shape index (κ1) is 11.6. The zero-order valence-corrected chi connectivity index (χ0v) is 9.47. The number of halogens is 1. The maximum atomic E-state index is 12.9. The summed E-state index contributed by atoms with van der Waals surface area (Å²) in [4.78, 5) is 2.25. The number of nitrogens with zero attached hydrogens (tertiary/aromatic N) is 2. The SMILES string of the molecule is COCCN1C[C@@H](N)[C@H](n2ccc(F)c2)C1. The van der Waals surface area contributed by atoms with Gasteiger partial charge in [0.25, 0.3) is 0 Å². The predicted octanol–water partition coefficient (Wildman–Crippen LogP) is 0.458. The fourth-order valence-electron chi connectivity index (χ4n) is 2.20. The van der Waals surface area contributed by atoms with Crippen molar-refractivity contribution >= 4 is 0 Å². The van der Waals surface area contributed by atoms with Gasteiger partial charge in [0.2, 0.25) is 0 Å². The molecule has 1 aliphatic rings. The van der Waals surface area contributed by atoms with Gasteiger partial charge in [0.15, 0.2) is 0 Å². The van der Waals surface area contributed by atoms with Crippen molar-refractivity contribution in [3.63, 3.8) is 0 Å². The smallest absolute Gasteiger partial charge is 0.140 e. The lowest BCUT2D eigenvalue weighted by molar-refractivity contribution is 0.158. The van der Waals surface area contributed by atoms with Crippen LogP contribution in [-0.2, 0) is 4.74 Å². The van der Waals surface area contributed by atoms with E-state index in [1.54, 1.807) is 13.3 Å². The van der Waals surface area contributed by atoms with Crippen molar-refractivity contribution in [2.24, 2.45) is 5.73 Å². The first-order valence-electron chi connectivity index (χ1n) is 5.50. The normalized spacial score (nSPS) is 26.4. The van der Waals surface area contributed by atoms with Crippen molar-refractivity contribution in [2.45, 2.75) is 12.1 Å². The molecular weight excluding hydrogens is 209 g/mol. The van der Waals surface area contributed by atoms with Crippen molar-refractivity contribution in [3.05, 3.63) is 24.3 Å². The molecule has 0 bridgehead atoms. The monoisotopic (exact) mass is 227 g/mol. The molecule has 1 saturated heterocycles. The summed E-state index contributed by atoms with van der Waals surface area (Å²) >= 11 is 0. The number of likely N-dealkylation sites (tertiary alicyclic amines) is 1. The molecule has 4 nitrogen and oxygen atoms in total. The first-order chi connectivity index (χ1) is 7.70. The third-order valence-electron chi connectivity index (χ3n) is 3.08. The maximum absolute atomic E-state index is 12.9. The van der Waals surface area contributed by atoms with E-state index < -0.39 is 0 Å². The lowest BCUT2D eigenvalue weighted by atomic mass is 10.2. The lowest BCUT2D eigenvalue weighted by Crippen LogP contribution is -2.31. The van der Waals surface area contributed by atoms with Crippen LogP contribution in [0, 0.1) is 5.82 Å². The first-order valence-corrected chi connectivity index (χ1v) is 5.50. The number of hydrogen-bond acceptors (Lipinski definition) is 3. The van der Waals surface area contributed by atoms with E-state index in [9.17, 15) is 4.39 Å². The van der Waals surface area contributed by atoms with Crippen molar-refractivity contribution < 1.29 is 9.13 Å². The van der Waals surface area contributed by atoms with Gasteiger partial charge >= 0.3 is 0 Å². The van der Waals surface area contributed by atoms with Gasteiger partial charge in [-0.25, -0.2) is 4.39 Å². The third kappa shape index (κ3) is 2.42. The van der Waals surface area contributed by atoms with Crippen LogP contribution in [0.4, 0.5) is 4.39 Å². The minimum absolute atomic E-state index is 0.0589. The Morgan fingerprint density at radius 2 is 2.38 bits per heavy atom. The highest BCUT2D eigenvalue weighted by molar-refractivity contribution is 5.01. The van der Waals surface area contributed by atoms with Gasteiger partial charge < -0.3 is 15.0 Å². The van der Waals surface area contributed by atoms with Crippen LogP contribution in [0.3, 0.4) is 0 Å². The standard InChI is InChI=1S/C11H18FN3O/c1-16-5-4-14-7-10(13)11(8-14)15-3-2-9(12)6-15/h2-3,6,10-11H,4-5,7-8,13H2,1H3/t10-,11-/m1/s1. The van der Waals surface area contributed by atoms with E-state index in [2.05, 4.69) is 4.90 Å². The zero-order valence-electron chi connectivity index (χ0n) is 9.47. The summed E-state index contributed by atoms with van der Waals surface area (Å²) in [6, 6.07) is 1.69. The molecule has 2 heterocycles. The summed E-state index contributed by atoms with van der Waals surface area (Å²) in [7, 11) is 1.69. The molecule has 2 rings (SSSR count). The highest BCUT2D eigenvalue weighted by atomic mass is 19.1. The van der Waals surface area contributed by atoms with E-state index in [1.807, 2.05) is 4.57 Å². The van der Waals surface area contributed by atoms with Crippen LogP contribution >= 0.6 is 0 Å². The fourth-order valence-corrected chi connectivity index (χ4v) is 2.20. The van der Waals surface area contributed by atoms with E-state index in [4.69, 9.17) is 10.5 Å². The Morgan fingerprint density at radius 1 is 1.56 bits per heavy atom. The lowest BCUT2D eigenvalue weighted by Gasteiger charge is -2.16. The topological polar surface area (TPSA) is 43.4 Å². The fraction of sp³-hybridized carbons (Fsp3) is 0.636. The average Bonchev–Trinajstić information content (AvgIpc) is 2.82. The second-order valence-corrected chi connectivity index (χ2v) is 4.26. The van der Waals surface area contributed by atoms with Gasteiger partial charge in [0.1, 0.15) is 5.82 Å². The van der Waals surface area contributed by atoms with Gasteiger partial charge in [-0.15, -0.1) is 0 Å². The van der Waals surface area contributed by atoms with Crippen LogP contribution in [0.1, 0.15) is 6.04 Å². The van der Waals surface area contributed by atoms with Crippen molar-refractivity contribution in [3.8, 4) is 0 Å². The van der Waals surface area contributed by atoms with Crippen LogP contribution in [0.2, 0.25) is 0 Å². The summed E-state index contributed by atoms with van der Waals surface area (Å²) in [5, 5.41) is 0. The van der Waals surface area contributed by atoms with Crippen molar-refractivity contribution in [2.75, 3.05) is 33.4 Å². The molecule has 5 heteroatoms. The molecule has 0 radical (unpaired) electrons. The predicted molar refractivity (Wildman–Crippen MR) is 59.7 cm³/mol. The van der Waals surface area contributed by atoms with Crippen LogP contribution in [0.5, 0.6) is 0 Å². The summed E-state index contributed by atoms with van der Waals surface area (Å²) in [6.07, 6.45) is 3.25. The van der Waals surface area contributed by atoms with Crippen molar-refractivity contribution in [1.29, 1.82) is 0 Å². The molecule has 90 valence electrons. The molecule has 1 aliphatic heterocycles. The highest BCUT2D eigenvalue weighted by Crippen LogP contribution is 2.21. The van der Waals surface area contributed by atoms with Crippen molar-refractivity contribution in [1.82, 2.24) is 9.47 Å². The summed E-state index contributed by atoms with van der Waals surface area (Å²) < 4.78 is 19.8. The molecule has 1 aromatic heterocycles. The molecule has 2 atom stereocenters. The molecule has 0 aliphatic carbocycles. The minimum atomic E-state index is -0.206. The molecule has 1 fully saturated rings. The van der Waals surface area contributed by atoms with Gasteiger partial charge in [-0.05, 0) is 6.07 Å². The third-order valence-corrected chi connectivity index (χ3v) is 3.08. The largest absolute Gasteiger partial charge is 0.383 e. The average molecular weight is 227 g/mol. The Labute approximate surface area is 94.8 Å². The molecule has 0 unspecified atom stereocenters. The minimum Gasteiger partial charge on any atom is -0.383 e. The molecule has 0 saturated carbocycles. The molecule has 2 N–H and O–H groups in total. The number of ether oxygens (including phenoxy) is 1. The Balaban J connectivity index is 1.97. The number of rotatable bonds is 4. The molecule has 0 spiro atoms. The summed E-state index contributed by atoms with van der Waals surface area (Å²) in [5.74, 6) is -0.206. The Bertz CT molecular complexity index is 342. The molecular formula is C11H18FN3O. The van der Waals surface area contributed by atoms with E-state index in [0.29, 0.717) is 6.61 Å². The summed E-state index contributed by atoms with van der Waals surface area (Å²) in [6.45, 7) is 3.29. The van der Waals surface area contributed by atoms with Crippen LogP contribution in [-0.4, -0.2) is 48.9 Å². The Morgan fingerprint density at radius 3 is 3.00 bits per heavy atom. The number of methoxy groups -OCH3 is 1. The molecule has 16 heavy (non-hydrogen) atoms. The summed E-state index contributed by atoms with van der Waals surface area (Å²) in [5.41, 5.74) is 6.06. The quantitative estimate of drug-likeness (QED) is 0.812. The van der Waals surface area contributed by atoms with Crippen LogP contribution < -0.4 is 5.73 Å². The molecule has 0 aromatic carbocycles.